The summed E-state index contributed by atoms with van der Waals surface area (Å²) >= 11 is 0. The summed E-state index contributed by atoms with van der Waals surface area (Å²) in [5, 5.41) is 3.68. The Morgan fingerprint density at radius 2 is 1.80 bits per heavy atom. The molecule has 0 spiro atoms. The summed E-state index contributed by atoms with van der Waals surface area (Å²) in [6.45, 7) is 1.86. The molecule has 5 rings (SSSR count). The number of nitrogens with zero attached hydrogens (tertiary/aromatic N) is 2. The van der Waals surface area contributed by atoms with E-state index in [1.807, 2.05) is 19.1 Å². The number of hydrogen-bond donors (Lipinski definition) is 1. The minimum atomic E-state index is -4.21. The third kappa shape index (κ3) is 3.36. The van der Waals surface area contributed by atoms with Crippen molar-refractivity contribution >= 4 is 33.0 Å². The van der Waals surface area contributed by atoms with E-state index in [0.717, 1.165) is 34.0 Å². The Bertz CT molecular complexity index is 1410. The first-order valence-corrected chi connectivity index (χ1v) is 11.6. The molecule has 0 saturated heterocycles. The van der Waals surface area contributed by atoms with Gasteiger partial charge in [-0.3, -0.25) is 14.5 Å². The molecule has 0 saturated carbocycles. The molecule has 0 fully saturated rings. The predicted molar refractivity (Wildman–Crippen MR) is 118 cm³/mol. The molecular weight excluding hydrogens is 396 g/mol. The summed E-state index contributed by atoms with van der Waals surface area (Å²) in [6.07, 6.45) is 13.3. The third-order valence-electron chi connectivity index (χ3n) is 6.14. The Hall–Kier alpha value is -2.83. The number of aryl methyl sites for hydroxylation is 1. The van der Waals surface area contributed by atoms with Crippen molar-refractivity contribution in [3.8, 4) is 0 Å². The molecule has 1 heterocycles. The smallest absolute Gasteiger partial charge is 0.268 e. The second kappa shape index (κ2) is 7.15. The summed E-state index contributed by atoms with van der Waals surface area (Å²) in [7, 11) is -4.21. The maximum atomic E-state index is 12.2. The fourth-order valence-corrected chi connectivity index (χ4v) is 5.63. The average molecular weight is 419 g/mol. The van der Waals surface area contributed by atoms with Crippen LogP contribution in [-0.2, 0) is 29.4 Å². The molecule has 2 aromatic carbocycles. The van der Waals surface area contributed by atoms with Gasteiger partial charge in [-0.05, 0) is 58.5 Å². The van der Waals surface area contributed by atoms with Gasteiger partial charge in [0.25, 0.3) is 10.1 Å². The van der Waals surface area contributed by atoms with Crippen molar-refractivity contribution < 1.29 is 13.0 Å². The molecule has 0 radical (unpaired) electrons. The fraction of sp³-hybridized carbons (Fsp3) is 0.250. The van der Waals surface area contributed by atoms with E-state index in [1.54, 1.807) is 12.4 Å². The maximum absolute atomic E-state index is 12.2. The van der Waals surface area contributed by atoms with Crippen molar-refractivity contribution in [2.45, 2.75) is 31.4 Å². The molecule has 2 atom stereocenters. The van der Waals surface area contributed by atoms with Gasteiger partial charge in [0, 0.05) is 18.3 Å². The number of rotatable bonds is 3. The number of allylic oxidation sites excluding steroid dienone is 2. The number of hydrogen-bond acceptors (Lipinski definition) is 4. The number of fused-ring (bicyclic) bond motifs is 5. The van der Waals surface area contributed by atoms with E-state index in [-0.39, 0.29) is 12.3 Å². The first kappa shape index (κ1) is 19.2. The molecule has 2 unspecified atom stereocenters. The highest BCUT2D eigenvalue weighted by molar-refractivity contribution is 7.86. The molecule has 152 valence electrons. The lowest BCUT2D eigenvalue weighted by Gasteiger charge is -2.27. The van der Waals surface area contributed by atoms with Gasteiger partial charge in [0.15, 0.2) is 0 Å². The van der Waals surface area contributed by atoms with E-state index in [4.69, 9.17) is 0 Å². The van der Waals surface area contributed by atoms with E-state index in [1.165, 1.54) is 16.2 Å². The van der Waals surface area contributed by atoms with Gasteiger partial charge in [-0.2, -0.15) is 8.42 Å². The summed E-state index contributed by atoms with van der Waals surface area (Å²) in [5.74, 6) is -0.380. The average Bonchev–Trinajstić information content (AvgIpc) is 2.73. The van der Waals surface area contributed by atoms with Crippen LogP contribution >= 0.6 is 0 Å². The molecule has 2 aliphatic rings. The normalized spacial score (nSPS) is 20.2. The second-order valence-electron chi connectivity index (χ2n) is 8.11. The van der Waals surface area contributed by atoms with Crippen molar-refractivity contribution in [2.24, 2.45) is 5.92 Å². The summed E-state index contributed by atoms with van der Waals surface area (Å²) in [5.41, 5.74) is 3.77. The molecule has 1 aromatic heterocycles. The minimum absolute atomic E-state index is 0.283. The Labute approximate surface area is 175 Å². The van der Waals surface area contributed by atoms with Crippen molar-refractivity contribution in [2.75, 3.05) is 0 Å². The van der Waals surface area contributed by atoms with E-state index in [9.17, 15) is 13.0 Å². The Balaban J connectivity index is 1.70. The Morgan fingerprint density at radius 3 is 2.53 bits per heavy atom. The van der Waals surface area contributed by atoms with Crippen LogP contribution in [0.1, 0.15) is 22.5 Å². The molecule has 1 N–H and O–H groups in total. The van der Waals surface area contributed by atoms with Crippen LogP contribution in [0.2, 0.25) is 0 Å². The lowest BCUT2D eigenvalue weighted by molar-refractivity contribution is 0.443. The molecule has 0 aliphatic heterocycles. The predicted octanol–water partition coefficient (Wildman–Crippen LogP) is 2.28. The van der Waals surface area contributed by atoms with Crippen LogP contribution in [0.3, 0.4) is 0 Å². The molecule has 2 aliphatic carbocycles. The zero-order valence-electron chi connectivity index (χ0n) is 16.6. The first-order valence-electron chi connectivity index (χ1n) is 10.1. The zero-order chi connectivity index (χ0) is 20.9. The maximum Gasteiger partial charge on any atom is 0.268 e. The van der Waals surface area contributed by atoms with Crippen LogP contribution in [0, 0.1) is 12.8 Å². The van der Waals surface area contributed by atoms with Crippen molar-refractivity contribution in [3.05, 3.63) is 81.8 Å². The van der Waals surface area contributed by atoms with Crippen molar-refractivity contribution in [1.29, 1.82) is 0 Å². The molecule has 5 nitrogen and oxygen atoms in total. The lowest BCUT2D eigenvalue weighted by atomic mass is 9.85. The number of aromatic nitrogens is 2. The van der Waals surface area contributed by atoms with Crippen molar-refractivity contribution in [3.63, 3.8) is 0 Å². The monoisotopic (exact) mass is 418 g/mol. The van der Waals surface area contributed by atoms with Crippen LogP contribution in [0.5, 0.6) is 0 Å². The van der Waals surface area contributed by atoms with E-state index in [0.29, 0.717) is 6.42 Å². The minimum Gasteiger partial charge on any atom is -0.285 e. The fourth-order valence-electron chi connectivity index (χ4n) is 4.62. The SMILES string of the molecule is Cc1cnc(CC2C=c3c(ccc4c5c(ccc34)CC=CC=5)CC2S(=O)(=O)O)cn1. The van der Waals surface area contributed by atoms with Crippen molar-refractivity contribution in [1.82, 2.24) is 9.97 Å². The van der Waals surface area contributed by atoms with Gasteiger partial charge in [0.05, 0.1) is 16.6 Å². The van der Waals surface area contributed by atoms with Crippen LogP contribution < -0.4 is 10.4 Å². The Kier molecular flexibility index (Phi) is 4.56. The standard InChI is InChI=1S/C24H22N2O3S/c1-15-13-26-19(14-25-15)10-18-11-23-17(12-24(18)30(27,28)29)7-9-21-20-5-3-2-4-16(20)6-8-22(21)23/h2-3,5-9,11,13-14,18,24H,4,10,12H2,1H3,(H,27,28,29). The van der Waals surface area contributed by atoms with Crippen LogP contribution in [0.15, 0.2) is 48.8 Å². The summed E-state index contributed by atoms with van der Waals surface area (Å²) < 4.78 is 34.3. The van der Waals surface area contributed by atoms with Gasteiger partial charge in [0.2, 0.25) is 0 Å². The van der Waals surface area contributed by atoms with Crippen LogP contribution in [-0.4, -0.2) is 28.2 Å². The molecular formula is C24H22N2O3S. The molecule has 30 heavy (non-hydrogen) atoms. The van der Waals surface area contributed by atoms with Gasteiger partial charge >= 0.3 is 0 Å². The van der Waals surface area contributed by atoms with E-state index >= 15 is 0 Å². The zero-order valence-corrected chi connectivity index (χ0v) is 17.4. The summed E-state index contributed by atoms with van der Waals surface area (Å²) in [4.78, 5) is 8.67. The second-order valence-corrected chi connectivity index (χ2v) is 9.75. The highest BCUT2D eigenvalue weighted by Crippen LogP contribution is 2.26. The van der Waals surface area contributed by atoms with Crippen LogP contribution in [0.25, 0.3) is 22.9 Å². The Morgan fingerprint density at radius 1 is 1.03 bits per heavy atom. The highest BCUT2D eigenvalue weighted by atomic mass is 32.2. The van der Waals surface area contributed by atoms with Gasteiger partial charge < -0.3 is 0 Å². The van der Waals surface area contributed by atoms with E-state index < -0.39 is 15.4 Å². The topological polar surface area (TPSA) is 80.2 Å². The first-order chi connectivity index (χ1) is 14.4. The number of benzene rings is 2. The largest absolute Gasteiger partial charge is 0.285 e. The van der Waals surface area contributed by atoms with Gasteiger partial charge in [-0.25, -0.2) is 0 Å². The molecule has 0 bridgehead atoms. The van der Waals surface area contributed by atoms with Gasteiger partial charge in [-0.15, -0.1) is 0 Å². The van der Waals surface area contributed by atoms with Gasteiger partial charge in [0.1, 0.15) is 0 Å². The van der Waals surface area contributed by atoms with Gasteiger partial charge in [-0.1, -0.05) is 48.6 Å². The molecule has 6 heteroatoms. The van der Waals surface area contributed by atoms with Crippen LogP contribution in [0.4, 0.5) is 0 Å². The third-order valence-corrected chi connectivity index (χ3v) is 7.42. The lowest BCUT2D eigenvalue weighted by Crippen LogP contribution is -2.38. The molecule has 3 aromatic rings. The quantitative estimate of drug-likeness (QED) is 0.660. The molecule has 0 amide bonds. The van der Waals surface area contributed by atoms with E-state index in [2.05, 4.69) is 46.4 Å². The summed E-state index contributed by atoms with van der Waals surface area (Å²) in [6, 6.07) is 8.36. The highest BCUT2D eigenvalue weighted by Gasteiger charge is 2.34.